The van der Waals surface area contributed by atoms with Crippen molar-refractivity contribution < 1.29 is 22.8 Å². The summed E-state index contributed by atoms with van der Waals surface area (Å²) in [7, 11) is 0. The van der Waals surface area contributed by atoms with E-state index in [1.165, 1.54) is 18.2 Å². The van der Waals surface area contributed by atoms with E-state index in [2.05, 4.69) is 10.1 Å². The average Bonchev–Trinajstić information content (AvgIpc) is 2.33. The molecular weight excluding hydrogens is 301 g/mol. The Bertz CT molecular complexity index is 469. The molecule has 1 aromatic rings. The first-order chi connectivity index (χ1) is 9.31. The highest BCUT2D eigenvalue weighted by Crippen LogP contribution is 2.25. The second-order valence-corrected chi connectivity index (χ2v) is 4.25. The Balaban J connectivity index is 2.41. The number of nitro groups is 1. The second kappa shape index (κ2) is 7.41. The highest BCUT2D eigenvalue weighted by molar-refractivity contribution is 6.31. The molecule has 0 saturated heterocycles. The smallest absolute Gasteiger partial charge is 0.371 e. The van der Waals surface area contributed by atoms with Gasteiger partial charge in [0.15, 0.2) is 0 Å². The fraction of sp³-hybridized carbons (Fsp3) is 0.455. The second-order valence-electron chi connectivity index (χ2n) is 3.84. The molecule has 0 aliphatic carbocycles. The van der Waals surface area contributed by atoms with Gasteiger partial charge in [0.05, 0.1) is 22.1 Å². The summed E-state index contributed by atoms with van der Waals surface area (Å²) in [5, 5.41) is 13.8. The van der Waals surface area contributed by atoms with Crippen molar-refractivity contribution in [3.8, 4) is 0 Å². The lowest BCUT2D eigenvalue weighted by molar-refractivity contribution is -0.385. The zero-order valence-corrected chi connectivity index (χ0v) is 11.0. The van der Waals surface area contributed by atoms with Crippen LogP contribution < -0.4 is 5.32 Å². The molecule has 0 aliphatic rings. The minimum absolute atomic E-state index is 0.0748. The molecule has 0 aromatic heterocycles. The molecule has 20 heavy (non-hydrogen) atoms. The maximum absolute atomic E-state index is 11.8. The molecule has 9 heteroatoms. The van der Waals surface area contributed by atoms with Crippen LogP contribution in [0.2, 0.25) is 5.02 Å². The summed E-state index contributed by atoms with van der Waals surface area (Å²) < 4.78 is 39.7. The number of hydrogen-bond acceptors (Lipinski definition) is 4. The summed E-state index contributed by atoms with van der Waals surface area (Å²) in [4.78, 5) is 10.2. The van der Waals surface area contributed by atoms with Crippen molar-refractivity contribution in [3.63, 3.8) is 0 Å². The van der Waals surface area contributed by atoms with E-state index < -0.39 is 17.7 Å². The van der Waals surface area contributed by atoms with E-state index in [0.29, 0.717) is 0 Å². The van der Waals surface area contributed by atoms with Crippen LogP contribution in [0.3, 0.4) is 0 Å². The van der Waals surface area contributed by atoms with Gasteiger partial charge in [-0.15, -0.1) is 0 Å². The SMILES string of the molecule is O=[N+]([O-])c1cccc(Cl)c1CNCCOCC(F)(F)F. The summed E-state index contributed by atoms with van der Waals surface area (Å²) in [6, 6.07) is 4.27. The molecule has 0 unspecified atom stereocenters. The lowest BCUT2D eigenvalue weighted by Crippen LogP contribution is -2.24. The van der Waals surface area contributed by atoms with E-state index in [9.17, 15) is 23.3 Å². The Hall–Kier alpha value is -1.38. The van der Waals surface area contributed by atoms with Gasteiger partial charge >= 0.3 is 6.18 Å². The van der Waals surface area contributed by atoms with Gasteiger partial charge in [-0.3, -0.25) is 10.1 Å². The van der Waals surface area contributed by atoms with Crippen molar-refractivity contribution in [2.75, 3.05) is 19.8 Å². The molecule has 0 atom stereocenters. The van der Waals surface area contributed by atoms with Crippen LogP contribution in [0, 0.1) is 10.1 Å². The van der Waals surface area contributed by atoms with Crippen molar-refractivity contribution in [3.05, 3.63) is 38.9 Å². The Morgan fingerprint density at radius 1 is 1.40 bits per heavy atom. The zero-order chi connectivity index (χ0) is 15.2. The monoisotopic (exact) mass is 312 g/mol. The van der Waals surface area contributed by atoms with Crippen molar-refractivity contribution >= 4 is 17.3 Å². The molecule has 0 bridgehead atoms. The van der Waals surface area contributed by atoms with Gasteiger partial charge in [0.2, 0.25) is 0 Å². The molecule has 1 aromatic carbocycles. The number of rotatable bonds is 7. The molecule has 0 heterocycles. The number of nitrogens with zero attached hydrogens (tertiary/aromatic N) is 1. The van der Waals surface area contributed by atoms with E-state index in [1.807, 2.05) is 0 Å². The lowest BCUT2D eigenvalue weighted by atomic mass is 10.2. The maximum Gasteiger partial charge on any atom is 0.411 e. The lowest BCUT2D eigenvalue weighted by Gasteiger charge is -2.09. The molecule has 1 N–H and O–H groups in total. The predicted octanol–water partition coefficient (Wildman–Crippen LogP) is 2.92. The number of nitro benzene ring substituents is 1. The van der Waals surface area contributed by atoms with Crippen LogP contribution in [0.1, 0.15) is 5.56 Å². The van der Waals surface area contributed by atoms with Gasteiger partial charge in [0.25, 0.3) is 5.69 Å². The van der Waals surface area contributed by atoms with E-state index >= 15 is 0 Å². The minimum Gasteiger partial charge on any atom is -0.371 e. The Kier molecular flexibility index (Phi) is 6.18. The normalized spacial score (nSPS) is 11.6. The van der Waals surface area contributed by atoms with E-state index in [-0.39, 0.29) is 36.0 Å². The number of benzene rings is 1. The van der Waals surface area contributed by atoms with Crippen molar-refractivity contribution in [2.45, 2.75) is 12.7 Å². The topological polar surface area (TPSA) is 64.4 Å². The number of hydrogen-bond donors (Lipinski definition) is 1. The number of ether oxygens (including phenoxy) is 1. The fourth-order valence-corrected chi connectivity index (χ4v) is 1.68. The third kappa shape index (κ3) is 5.72. The van der Waals surface area contributed by atoms with Crippen LogP contribution in [0.25, 0.3) is 0 Å². The standard InChI is InChI=1S/C11H12ClF3N2O3/c12-9-2-1-3-10(17(18)19)8(9)6-16-4-5-20-7-11(13,14)15/h1-3,16H,4-7H2. The molecule has 112 valence electrons. The summed E-state index contributed by atoms with van der Waals surface area (Å²) in [5.41, 5.74) is 0.149. The highest BCUT2D eigenvalue weighted by atomic mass is 35.5. The molecule has 0 saturated carbocycles. The van der Waals surface area contributed by atoms with Crippen LogP contribution >= 0.6 is 11.6 Å². The van der Waals surface area contributed by atoms with E-state index in [4.69, 9.17) is 11.6 Å². The number of nitrogens with one attached hydrogen (secondary N) is 1. The molecule has 1 rings (SSSR count). The van der Waals surface area contributed by atoms with Crippen molar-refractivity contribution in [2.24, 2.45) is 0 Å². The highest BCUT2D eigenvalue weighted by Gasteiger charge is 2.27. The van der Waals surface area contributed by atoms with Crippen LogP contribution in [0.15, 0.2) is 18.2 Å². The third-order valence-corrected chi connectivity index (χ3v) is 2.64. The largest absolute Gasteiger partial charge is 0.411 e. The Morgan fingerprint density at radius 2 is 2.10 bits per heavy atom. The first kappa shape index (κ1) is 16.7. The number of halogens is 4. The first-order valence-corrected chi connectivity index (χ1v) is 5.96. The quantitative estimate of drug-likeness (QED) is 0.477. The molecule has 0 radical (unpaired) electrons. The van der Waals surface area contributed by atoms with E-state index in [0.717, 1.165) is 0 Å². The summed E-state index contributed by atoms with van der Waals surface area (Å²) >= 11 is 5.85. The predicted molar refractivity (Wildman–Crippen MR) is 66.7 cm³/mol. The van der Waals surface area contributed by atoms with Crippen LogP contribution in [0.5, 0.6) is 0 Å². The third-order valence-electron chi connectivity index (χ3n) is 2.28. The molecule has 0 amide bonds. The molecular formula is C11H12ClF3N2O3. The summed E-state index contributed by atoms with van der Waals surface area (Å²) in [5.74, 6) is 0. The van der Waals surface area contributed by atoms with Gasteiger partial charge in [0, 0.05) is 19.2 Å². The van der Waals surface area contributed by atoms with Gasteiger partial charge in [-0.2, -0.15) is 13.2 Å². The average molecular weight is 313 g/mol. The Morgan fingerprint density at radius 3 is 2.70 bits per heavy atom. The maximum atomic E-state index is 11.8. The van der Waals surface area contributed by atoms with Gasteiger partial charge in [0.1, 0.15) is 6.61 Å². The summed E-state index contributed by atoms with van der Waals surface area (Å²) in [6.45, 7) is -1.28. The minimum atomic E-state index is -4.36. The van der Waals surface area contributed by atoms with Gasteiger partial charge < -0.3 is 10.1 Å². The molecule has 0 fully saturated rings. The molecule has 0 spiro atoms. The van der Waals surface area contributed by atoms with Gasteiger partial charge in [-0.1, -0.05) is 17.7 Å². The van der Waals surface area contributed by atoms with Gasteiger partial charge in [-0.05, 0) is 6.07 Å². The molecule has 5 nitrogen and oxygen atoms in total. The van der Waals surface area contributed by atoms with Crippen LogP contribution in [0.4, 0.5) is 18.9 Å². The van der Waals surface area contributed by atoms with Crippen molar-refractivity contribution in [1.29, 1.82) is 0 Å². The van der Waals surface area contributed by atoms with Gasteiger partial charge in [-0.25, -0.2) is 0 Å². The van der Waals surface area contributed by atoms with Crippen LogP contribution in [-0.4, -0.2) is 30.9 Å². The Labute approximate surface area is 117 Å². The van der Waals surface area contributed by atoms with E-state index in [1.54, 1.807) is 0 Å². The van der Waals surface area contributed by atoms with Crippen molar-refractivity contribution in [1.82, 2.24) is 5.32 Å². The first-order valence-electron chi connectivity index (χ1n) is 5.58. The number of alkyl halides is 3. The summed E-state index contributed by atoms with van der Waals surface area (Å²) in [6.07, 6.45) is -4.36. The fourth-order valence-electron chi connectivity index (χ4n) is 1.44. The zero-order valence-electron chi connectivity index (χ0n) is 10.2. The molecule has 0 aliphatic heterocycles. The van der Waals surface area contributed by atoms with Crippen LogP contribution in [-0.2, 0) is 11.3 Å².